The summed E-state index contributed by atoms with van der Waals surface area (Å²) in [5.41, 5.74) is 0.166. The first-order valence-corrected chi connectivity index (χ1v) is 9.90. The zero-order chi connectivity index (χ0) is 30.6. The molecule has 220 valence electrons. The van der Waals surface area contributed by atoms with Crippen LogP contribution in [0.5, 0.6) is 5.75 Å². The molecule has 2 aromatic carbocycles. The third-order valence-corrected chi connectivity index (χ3v) is 5.37. The van der Waals surface area contributed by atoms with Gasteiger partial charge in [0.1, 0.15) is 5.75 Å². The van der Waals surface area contributed by atoms with E-state index in [1.165, 1.54) is 25.1 Å². The predicted octanol–water partition coefficient (Wildman–Crippen LogP) is 8.13. The second-order valence-corrected chi connectivity index (χ2v) is 8.07. The number of carbonyl (C=O) groups is 1. The number of hydrogen-bond acceptors (Lipinski definition) is 2. The van der Waals surface area contributed by atoms with Crippen LogP contribution in [0.4, 0.5) is 70.2 Å². The van der Waals surface area contributed by atoms with E-state index in [0.717, 1.165) is 18.2 Å². The first-order valence-electron chi connectivity index (χ1n) is 9.90. The van der Waals surface area contributed by atoms with Crippen molar-refractivity contribution in [3.05, 3.63) is 42.0 Å². The van der Waals surface area contributed by atoms with E-state index in [0.29, 0.717) is 0 Å². The molecule has 0 N–H and O–H groups in total. The fourth-order valence-electron chi connectivity index (χ4n) is 2.96. The van der Waals surface area contributed by atoms with Crippen LogP contribution in [0.15, 0.2) is 36.4 Å². The normalized spacial score (nSPS) is 14.7. The van der Waals surface area contributed by atoms with E-state index in [4.69, 9.17) is 0 Å². The summed E-state index contributed by atoms with van der Waals surface area (Å²) in [6.07, 6.45) is -5.89. The third-order valence-electron chi connectivity index (χ3n) is 5.37. The third kappa shape index (κ3) is 4.83. The van der Waals surface area contributed by atoms with Gasteiger partial charge in [0.05, 0.1) is 0 Å². The standard InChI is InChI=1S/C21H12F16O2/c1-9(38)10-2-3-12-7-13(5-4-11(12)6-10)39-8-15(24,25)17(28,29)19(32,33)21(36,37)20(34,35)18(30,31)16(26,27)14(22)23/h2-7,14H,8H2,1H3. The number of halogens is 16. The van der Waals surface area contributed by atoms with Gasteiger partial charge in [-0.3, -0.25) is 4.79 Å². The Morgan fingerprint density at radius 2 is 1.10 bits per heavy atom. The van der Waals surface area contributed by atoms with E-state index >= 15 is 0 Å². The molecule has 0 aromatic heterocycles. The number of carbonyl (C=O) groups excluding carboxylic acids is 1. The zero-order valence-corrected chi connectivity index (χ0v) is 18.6. The van der Waals surface area contributed by atoms with Gasteiger partial charge in [-0.15, -0.1) is 0 Å². The Hall–Kier alpha value is -2.95. The van der Waals surface area contributed by atoms with Crippen LogP contribution in [-0.4, -0.2) is 60.3 Å². The van der Waals surface area contributed by atoms with Crippen molar-refractivity contribution < 1.29 is 79.8 Å². The second-order valence-electron chi connectivity index (χ2n) is 8.07. The number of Topliss-reactive ketones (excluding diaryl/α,β-unsaturated/α-hetero) is 1. The highest BCUT2D eigenvalue weighted by atomic mass is 19.4. The summed E-state index contributed by atoms with van der Waals surface area (Å²) in [5.74, 6) is -56.2. The fraction of sp³-hybridized carbons (Fsp3) is 0.476. The molecule has 0 aliphatic heterocycles. The zero-order valence-electron chi connectivity index (χ0n) is 18.6. The molecule has 0 saturated heterocycles. The van der Waals surface area contributed by atoms with Gasteiger partial charge in [-0.2, -0.15) is 61.5 Å². The van der Waals surface area contributed by atoms with E-state index in [1.54, 1.807) is 0 Å². The smallest absolute Gasteiger partial charge is 0.385 e. The Kier molecular flexibility index (Phi) is 7.94. The molecular formula is C21H12F16O2. The number of rotatable bonds is 11. The number of hydrogen-bond donors (Lipinski definition) is 0. The summed E-state index contributed by atoms with van der Waals surface area (Å²) < 4.78 is 218. The van der Waals surface area contributed by atoms with Crippen molar-refractivity contribution in [3.63, 3.8) is 0 Å². The number of ether oxygens (including phenoxy) is 1. The Balaban J connectivity index is 2.41. The van der Waals surface area contributed by atoms with Crippen molar-refractivity contribution in [3.8, 4) is 5.75 Å². The molecule has 0 spiro atoms. The van der Waals surface area contributed by atoms with Gasteiger partial charge in [0.25, 0.3) is 0 Å². The van der Waals surface area contributed by atoms with E-state index in [1.807, 2.05) is 0 Å². The predicted molar refractivity (Wildman–Crippen MR) is 100 cm³/mol. The molecular weight excluding hydrogens is 588 g/mol. The molecule has 0 saturated carbocycles. The molecule has 0 aliphatic rings. The number of alkyl halides is 16. The van der Waals surface area contributed by atoms with Gasteiger partial charge in [-0.05, 0) is 35.9 Å². The van der Waals surface area contributed by atoms with Crippen molar-refractivity contribution in [2.75, 3.05) is 6.61 Å². The van der Waals surface area contributed by atoms with Crippen LogP contribution in [0.1, 0.15) is 17.3 Å². The van der Waals surface area contributed by atoms with Crippen molar-refractivity contribution in [1.82, 2.24) is 0 Å². The summed E-state index contributed by atoms with van der Waals surface area (Å²) >= 11 is 0. The average molecular weight is 600 g/mol. The minimum atomic E-state index is -8.45. The lowest BCUT2D eigenvalue weighted by Gasteiger charge is -2.42. The van der Waals surface area contributed by atoms with Crippen LogP contribution in [0.2, 0.25) is 0 Å². The van der Waals surface area contributed by atoms with Gasteiger partial charge in [-0.25, -0.2) is 8.78 Å². The van der Waals surface area contributed by atoms with Crippen LogP contribution in [0, 0.1) is 0 Å². The van der Waals surface area contributed by atoms with Crippen molar-refractivity contribution in [1.29, 1.82) is 0 Å². The van der Waals surface area contributed by atoms with Crippen molar-refractivity contribution in [2.24, 2.45) is 0 Å². The van der Waals surface area contributed by atoms with Gasteiger partial charge in [0.15, 0.2) is 12.4 Å². The van der Waals surface area contributed by atoms with Crippen LogP contribution in [-0.2, 0) is 0 Å². The van der Waals surface area contributed by atoms with Gasteiger partial charge < -0.3 is 4.74 Å². The van der Waals surface area contributed by atoms with E-state index in [-0.39, 0.29) is 16.3 Å². The lowest BCUT2D eigenvalue weighted by atomic mass is 9.89. The molecule has 2 aromatic rings. The van der Waals surface area contributed by atoms with E-state index < -0.39 is 66.0 Å². The molecule has 0 heterocycles. The Morgan fingerprint density at radius 1 is 0.667 bits per heavy atom. The van der Waals surface area contributed by atoms with Crippen LogP contribution < -0.4 is 4.74 Å². The SMILES string of the molecule is CC(=O)c1ccc2cc(OCC(F)(F)C(F)(F)C(F)(F)C(F)(F)C(F)(F)C(F)(F)C(F)(F)C(F)F)ccc2c1. The second kappa shape index (κ2) is 9.60. The molecule has 0 unspecified atom stereocenters. The molecule has 0 radical (unpaired) electrons. The Bertz CT molecular complexity index is 1220. The van der Waals surface area contributed by atoms with Gasteiger partial charge >= 0.3 is 47.9 Å². The molecule has 0 bridgehead atoms. The first-order chi connectivity index (χ1) is 17.3. The van der Waals surface area contributed by atoms with Crippen molar-refractivity contribution >= 4 is 16.6 Å². The first kappa shape index (κ1) is 32.3. The molecule has 2 rings (SSSR count). The van der Waals surface area contributed by atoms with Crippen LogP contribution >= 0.6 is 0 Å². The Labute approximate surface area is 206 Å². The van der Waals surface area contributed by atoms with Gasteiger partial charge in [-0.1, -0.05) is 18.2 Å². The highest BCUT2D eigenvalue weighted by Crippen LogP contribution is 2.62. The molecule has 18 heteroatoms. The van der Waals surface area contributed by atoms with E-state index in [2.05, 4.69) is 4.74 Å². The van der Waals surface area contributed by atoms with Crippen LogP contribution in [0.25, 0.3) is 10.8 Å². The van der Waals surface area contributed by atoms with E-state index in [9.17, 15) is 75.0 Å². The lowest BCUT2D eigenvalue weighted by molar-refractivity contribution is -0.447. The number of fused-ring (bicyclic) bond motifs is 1. The van der Waals surface area contributed by atoms with Crippen molar-refractivity contribution in [2.45, 2.75) is 54.8 Å². The highest BCUT2D eigenvalue weighted by molar-refractivity contribution is 5.98. The molecule has 2 nitrogen and oxygen atoms in total. The summed E-state index contributed by atoms with van der Waals surface area (Å²) in [6.45, 7) is -1.79. The minimum absolute atomic E-state index is 0.0753. The highest BCUT2D eigenvalue weighted by Gasteiger charge is 2.93. The molecule has 39 heavy (non-hydrogen) atoms. The molecule has 0 atom stereocenters. The maximum absolute atomic E-state index is 14.0. The Morgan fingerprint density at radius 3 is 1.59 bits per heavy atom. The monoisotopic (exact) mass is 600 g/mol. The number of benzene rings is 2. The summed E-state index contributed by atoms with van der Waals surface area (Å²) in [6, 6.07) is 6.28. The minimum Gasteiger partial charge on any atom is -0.487 e. The quantitative estimate of drug-likeness (QED) is 0.192. The average Bonchev–Trinajstić information content (AvgIpc) is 2.81. The maximum atomic E-state index is 14.0. The summed E-state index contributed by atoms with van der Waals surface area (Å²) in [5, 5.41) is 0.313. The topological polar surface area (TPSA) is 26.3 Å². The molecule has 0 aliphatic carbocycles. The molecule has 0 fully saturated rings. The largest absolute Gasteiger partial charge is 0.487 e. The summed E-state index contributed by atoms with van der Waals surface area (Å²) in [7, 11) is 0. The summed E-state index contributed by atoms with van der Waals surface area (Å²) in [4.78, 5) is 11.4. The molecule has 0 amide bonds. The maximum Gasteiger partial charge on any atom is 0.385 e. The van der Waals surface area contributed by atoms with Crippen LogP contribution in [0.3, 0.4) is 0 Å². The van der Waals surface area contributed by atoms with Gasteiger partial charge in [0.2, 0.25) is 0 Å². The number of ketones is 1. The van der Waals surface area contributed by atoms with Gasteiger partial charge in [0, 0.05) is 5.56 Å². The lowest BCUT2D eigenvalue weighted by Crippen LogP contribution is -2.74. The fourth-order valence-corrected chi connectivity index (χ4v) is 2.96.